The lowest BCUT2D eigenvalue weighted by atomic mass is 9.98. The molecular weight excluding hydrogens is 304 g/mol. The summed E-state index contributed by atoms with van der Waals surface area (Å²) in [5.41, 5.74) is 11.8. The third kappa shape index (κ3) is 2.03. The minimum atomic E-state index is -0.513. The maximum absolute atomic E-state index is 12.3. The van der Waals surface area contributed by atoms with Crippen molar-refractivity contribution in [2.45, 2.75) is 0 Å². The van der Waals surface area contributed by atoms with Gasteiger partial charge in [0, 0.05) is 16.1 Å². The Labute approximate surface area is 129 Å². The number of aromatic amines is 1. The number of pyridine rings is 1. The van der Waals surface area contributed by atoms with Crippen LogP contribution in [0.1, 0.15) is 5.56 Å². The normalized spacial score (nSPS) is 10.5. The number of nitrogen functional groups attached to an aromatic ring is 2. The smallest absolute Gasteiger partial charge is 0.262 e. The van der Waals surface area contributed by atoms with E-state index in [9.17, 15) is 10.1 Å². The molecule has 0 fully saturated rings. The molecule has 0 aliphatic rings. The third-order valence-corrected chi connectivity index (χ3v) is 3.49. The van der Waals surface area contributed by atoms with Gasteiger partial charge in [0.15, 0.2) is 5.65 Å². The molecule has 7 nitrogen and oxygen atoms in total. The molecule has 0 saturated carbocycles. The molecule has 8 heteroatoms. The van der Waals surface area contributed by atoms with E-state index in [2.05, 4.69) is 15.0 Å². The predicted molar refractivity (Wildman–Crippen MR) is 84.1 cm³/mol. The van der Waals surface area contributed by atoms with E-state index in [1.54, 1.807) is 24.3 Å². The number of aromatic nitrogens is 3. The topological polar surface area (TPSA) is 134 Å². The zero-order valence-corrected chi connectivity index (χ0v) is 11.8. The zero-order chi connectivity index (χ0) is 15.9. The summed E-state index contributed by atoms with van der Waals surface area (Å²) in [5, 5.41) is 9.88. The van der Waals surface area contributed by atoms with Gasteiger partial charge in [0.2, 0.25) is 5.95 Å². The van der Waals surface area contributed by atoms with E-state index in [4.69, 9.17) is 23.1 Å². The Morgan fingerprint density at radius 3 is 2.64 bits per heavy atom. The SMILES string of the molecule is N#Cc1c(N)nc2nc(N)[nH]c(=O)c2c1-c1ccccc1Cl. The van der Waals surface area contributed by atoms with Crippen LogP contribution in [-0.4, -0.2) is 15.0 Å². The van der Waals surface area contributed by atoms with E-state index < -0.39 is 5.56 Å². The Morgan fingerprint density at radius 2 is 1.95 bits per heavy atom. The summed E-state index contributed by atoms with van der Waals surface area (Å²) in [5.74, 6) is -0.123. The molecular formula is C14H9ClN6O. The van der Waals surface area contributed by atoms with Crippen molar-refractivity contribution < 1.29 is 0 Å². The molecule has 0 bridgehead atoms. The van der Waals surface area contributed by atoms with Crippen LogP contribution in [0.3, 0.4) is 0 Å². The van der Waals surface area contributed by atoms with Gasteiger partial charge in [-0.1, -0.05) is 29.8 Å². The lowest BCUT2D eigenvalue weighted by Crippen LogP contribution is -2.15. The number of anilines is 2. The quantitative estimate of drug-likeness (QED) is 0.625. The Kier molecular flexibility index (Phi) is 3.16. The fraction of sp³-hybridized carbons (Fsp3) is 0. The fourth-order valence-corrected chi connectivity index (χ4v) is 2.48. The number of halogens is 1. The van der Waals surface area contributed by atoms with Gasteiger partial charge in [-0.05, 0) is 6.07 Å². The predicted octanol–water partition coefficient (Wildman–Crippen LogP) is 1.67. The molecule has 3 rings (SSSR count). The van der Waals surface area contributed by atoms with Gasteiger partial charge in [0.25, 0.3) is 5.56 Å². The van der Waals surface area contributed by atoms with Crippen LogP contribution in [0.5, 0.6) is 0 Å². The molecule has 0 amide bonds. The van der Waals surface area contributed by atoms with Crippen molar-refractivity contribution in [3.05, 3.63) is 45.2 Å². The number of nitriles is 1. The first-order valence-corrected chi connectivity index (χ1v) is 6.54. The molecule has 0 saturated heterocycles. The van der Waals surface area contributed by atoms with Gasteiger partial charge in [-0.25, -0.2) is 4.98 Å². The number of nitrogens with two attached hydrogens (primary N) is 2. The minimum Gasteiger partial charge on any atom is -0.383 e. The molecule has 2 heterocycles. The van der Waals surface area contributed by atoms with Crippen LogP contribution in [-0.2, 0) is 0 Å². The number of H-pyrrole nitrogens is 1. The van der Waals surface area contributed by atoms with Crippen LogP contribution >= 0.6 is 11.6 Å². The molecule has 0 aliphatic heterocycles. The van der Waals surface area contributed by atoms with Crippen molar-refractivity contribution in [2.24, 2.45) is 0 Å². The van der Waals surface area contributed by atoms with Gasteiger partial charge in [0.1, 0.15) is 17.5 Å². The average molecular weight is 313 g/mol. The number of fused-ring (bicyclic) bond motifs is 1. The first kappa shape index (κ1) is 13.9. The number of nitrogens with one attached hydrogen (secondary N) is 1. The molecule has 0 spiro atoms. The molecule has 5 N–H and O–H groups in total. The second-order valence-electron chi connectivity index (χ2n) is 4.49. The molecule has 0 atom stereocenters. The van der Waals surface area contributed by atoms with Gasteiger partial charge >= 0.3 is 0 Å². The number of benzene rings is 1. The first-order chi connectivity index (χ1) is 10.5. The number of rotatable bonds is 1. The van der Waals surface area contributed by atoms with E-state index in [-0.39, 0.29) is 28.4 Å². The van der Waals surface area contributed by atoms with Crippen molar-refractivity contribution in [2.75, 3.05) is 11.5 Å². The molecule has 0 unspecified atom stereocenters. The highest BCUT2D eigenvalue weighted by Crippen LogP contribution is 2.35. The largest absolute Gasteiger partial charge is 0.383 e. The first-order valence-electron chi connectivity index (χ1n) is 6.17. The molecule has 1 aromatic carbocycles. The second kappa shape index (κ2) is 5.02. The highest BCUT2D eigenvalue weighted by molar-refractivity contribution is 6.33. The van der Waals surface area contributed by atoms with E-state index in [1.807, 2.05) is 6.07 Å². The van der Waals surface area contributed by atoms with Crippen molar-refractivity contribution in [3.8, 4) is 17.2 Å². The summed E-state index contributed by atoms with van der Waals surface area (Å²) >= 11 is 6.20. The number of nitrogens with zero attached hydrogens (tertiary/aromatic N) is 3. The number of hydrogen-bond donors (Lipinski definition) is 3. The third-order valence-electron chi connectivity index (χ3n) is 3.16. The Bertz CT molecular complexity index is 1000. The lowest BCUT2D eigenvalue weighted by Gasteiger charge is -2.11. The van der Waals surface area contributed by atoms with E-state index in [1.165, 1.54) is 0 Å². The summed E-state index contributed by atoms with van der Waals surface area (Å²) < 4.78 is 0. The van der Waals surface area contributed by atoms with Crippen molar-refractivity contribution in [3.63, 3.8) is 0 Å². The monoisotopic (exact) mass is 312 g/mol. The fourth-order valence-electron chi connectivity index (χ4n) is 2.25. The summed E-state index contributed by atoms with van der Waals surface area (Å²) in [6, 6.07) is 8.79. The Balaban J connectivity index is 2.60. The maximum atomic E-state index is 12.3. The minimum absolute atomic E-state index is 0.0394. The van der Waals surface area contributed by atoms with E-state index >= 15 is 0 Å². The Hall–Kier alpha value is -3.11. The zero-order valence-electron chi connectivity index (χ0n) is 11.1. The summed E-state index contributed by atoms with van der Waals surface area (Å²) in [6.07, 6.45) is 0. The molecule has 2 aromatic heterocycles. The summed E-state index contributed by atoms with van der Waals surface area (Å²) in [6.45, 7) is 0. The van der Waals surface area contributed by atoms with Gasteiger partial charge in [-0.2, -0.15) is 10.2 Å². The van der Waals surface area contributed by atoms with Crippen LogP contribution in [0.15, 0.2) is 29.1 Å². The lowest BCUT2D eigenvalue weighted by molar-refractivity contribution is 1.16. The summed E-state index contributed by atoms with van der Waals surface area (Å²) in [4.78, 5) is 22.6. The molecule has 0 radical (unpaired) electrons. The van der Waals surface area contributed by atoms with Crippen molar-refractivity contribution >= 4 is 34.4 Å². The van der Waals surface area contributed by atoms with Crippen molar-refractivity contribution in [1.29, 1.82) is 5.26 Å². The molecule has 0 aliphatic carbocycles. The molecule has 3 aromatic rings. The van der Waals surface area contributed by atoms with Gasteiger partial charge in [0.05, 0.1) is 5.39 Å². The summed E-state index contributed by atoms with van der Waals surface area (Å²) in [7, 11) is 0. The highest BCUT2D eigenvalue weighted by atomic mass is 35.5. The van der Waals surface area contributed by atoms with Crippen molar-refractivity contribution in [1.82, 2.24) is 15.0 Å². The van der Waals surface area contributed by atoms with Gasteiger partial charge in [-0.15, -0.1) is 0 Å². The van der Waals surface area contributed by atoms with Gasteiger partial charge < -0.3 is 11.5 Å². The van der Waals surface area contributed by atoms with Crippen LogP contribution < -0.4 is 17.0 Å². The van der Waals surface area contributed by atoms with Gasteiger partial charge in [-0.3, -0.25) is 9.78 Å². The van der Waals surface area contributed by atoms with Crippen LogP contribution in [0.2, 0.25) is 5.02 Å². The van der Waals surface area contributed by atoms with Crippen LogP contribution in [0, 0.1) is 11.3 Å². The van der Waals surface area contributed by atoms with E-state index in [0.29, 0.717) is 16.1 Å². The highest BCUT2D eigenvalue weighted by Gasteiger charge is 2.20. The standard InChI is InChI=1S/C14H9ClN6O/c15-8-4-2-1-3-6(8)9-7(5-16)11(17)19-12-10(9)13(22)21-14(18)20-12/h1-4H,(H5,17,18,19,20,21,22). The molecule has 108 valence electrons. The number of hydrogen-bond acceptors (Lipinski definition) is 6. The van der Waals surface area contributed by atoms with E-state index in [0.717, 1.165) is 0 Å². The van der Waals surface area contributed by atoms with Crippen LogP contribution in [0.4, 0.5) is 11.8 Å². The second-order valence-corrected chi connectivity index (χ2v) is 4.90. The maximum Gasteiger partial charge on any atom is 0.262 e. The Morgan fingerprint density at radius 1 is 1.23 bits per heavy atom. The molecule has 22 heavy (non-hydrogen) atoms. The average Bonchev–Trinajstić information content (AvgIpc) is 2.46. The van der Waals surface area contributed by atoms with Crippen LogP contribution in [0.25, 0.3) is 22.2 Å².